The van der Waals surface area contributed by atoms with Crippen LogP contribution in [0.2, 0.25) is 0 Å². The first-order valence-corrected chi connectivity index (χ1v) is 12.2. The molecule has 9 heteroatoms. The third-order valence-corrected chi connectivity index (χ3v) is 8.37. The Kier molecular flexibility index (Phi) is 6.69. The SMILES string of the molecule is CC1CCN(C(CNC(=O)Cc2ccc(S(N)(=O)=O)s2)c2cccs2)CC1. The van der Waals surface area contributed by atoms with Crippen LogP contribution in [0.3, 0.4) is 0 Å². The number of nitrogens with one attached hydrogen (secondary N) is 1. The Balaban J connectivity index is 1.60. The van der Waals surface area contributed by atoms with Gasteiger partial charge in [0, 0.05) is 16.3 Å². The van der Waals surface area contributed by atoms with Crippen molar-refractivity contribution in [2.75, 3.05) is 19.6 Å². The van der Waals surface area contributed by atoms with Gasteiger partial charge < -0.3 is 5.32 Å². The number of piperidine rings is 1. The number of sulfonamides is 1. The molecule has 148 valence electrons. The highest BCUT2D eigenvalue weighted by Crippen LogP contribution is 2.29. The van der Waals surface area contributed by atoms with Crippen molar-refractivity contribution < 1.29 is 13.2 Å². The van der Waals surface area contributed by atoms with Gasteiger partial charge in [-0.3, -0.25) is 9.69 Å². The fraction of sp³-hybridized carbons (Fsp3) is 0.500. The second-order valence-corrected chi connectivity index (χ2v) is 10.9. The highest BCUT2D eigenvalue weighted by molar-refractivity contribution is 7.91. The standard InChI is InChI=1S/C18H25N3O3S3/c1-13-6-8-21(9-7-13)15(16-3-2-10-25-16)12-20-17(22)11-14-4-5-18(26-14)27(19,23)24/h2-5,10,13,15H,6-9,11-12H2,1H3,(H,20,22)(H2,19,23,24). The number of nitrogens with two attached hydrogens (primary N) is 1. The van der Waals surface area contributed by atoms with E-state index in [-0.39, 0.29) is 22.6 Å². The Bertz CT molecular complexity index is 854. The summed E-state index contributed by atoms with van der Waals surface area (Å²) in [5.74, 6) is 0.649. The molecule has 3 heterocycles. The van der Waals surface area contributed by atoms with E-state index in [4.69, 9.17) is 5.14 Å². The first kappa shape index (κ1) is 20.5. The fourth-order valence-electron chi connectivity index (χ4n) is 3.27. The van der Waals surface area contributed by atoms with Gasteiger partial charge in [-0.25, -0.2) is 13.6 Å². The van der Waals surface area contributed by atoms with Crippen LogP contribution in [-0.4, -0.2) is 38.9 Å². The predicted molar refractivity (Wildman–Crippen MR) is 109 cm³/mol. The summed E-state index contributed by atoms with van der Waals surface area (Å²) in [6.07, 6.45) is 2.52. The molecule has 6 nitrogen and oxygen atoms in total. The first-order valence-electron chi connectivity index (χ1n) is 8.98. The monoisotopic (exact) mass is 427 g/mol. The third-order valence-electron chi connectivity index (χ3n) is 4.88. The van der Waals surface area contributed by atoms with Crippen molar-refractivity contribution in [1.29, 1.82) is 0 Å². The van der Waals surface area contributed by atoms with Crippen LogP contribution in [0.25, 0.3) is 0 Å². The van der Waals surface area contributed by atoms with E-state index in [1.165, 1.54) is 23.8 Å². The van der Waals surface area contributed by atoms with E-state index < -0.39 is 10.0 Å². The van der Waals surface area contributed by atoms with Crippen LogP contribution in [0.15, 0.2) is 33.9 Å². The fourth-order valence-corrected chi connectivity index (χ4v) is 5.91. The topological polar surface area (TPSA) is 92.5 Å². The molecule has 0 saturated carbocycles. The molecule has 1 amide bonds. The molecule has 1 aliphatic heterocycles. The van der Waals surface area contributed by atoms with Gasteiger partial charge in [0.15, 0.2) is 0 Å². The van der Waals surface area contributed by atoms with Crippen LogP contribution in [0, 0.1) is 5.92 Å². The molecule has 2 aromatic rings. The van der Waals surface area contributed by atoms with Crippen LogP contribution < -0.4 is 10.5 Å². The van der Waals surface area contributed by atoms with Gasteiger partial charge in [-0.15, -0.1) is 22.7 Å². The molecule has 0 bridgehead atoms. The molecule has 0 aliphatic carbocycles. The number of hydrogen-bond donors (Lipinski definition) is 2. The van der Waals surface area contributed by atoms with Gasteiger partial charge in [0.2, 0.25) is 15.9 Å². The number of carbonyl (C=O) groups excluding carboxylic acids is 1. The van der Waals surface area contributed by atoms with E-state index in [1.54, 1.807) is 17.4 Å². The molecule has 1 saturated heterocycles. The lowest BCUT2D eigenvalue weighted by atomic mass is 9.97. The van der Waals surface area contributed by atoms with Crippen LogP contribution in [0.4, 0.5) is 0 Å². The largest absolute Gasteiger partial charge is 0.354 e. The minimum Gasteiger partial charge on any atom is -0.354 e. The summed E-state index contributed by atoms with van der Waals surface area (Å²) < 4.78 is 22.8. The average molecular weight is 428 g/mol. The number of primary sulfonamides is 1. The van der Waals surface area contributed by atoms with Crippen LogP contribution in [-0.2, 0) is 21.2 Å². The van der Waals surface area contributed by atoms with Gasteiger partial charge >= 0.3 is 0 Å². The van der Waals surface area contributed by atoms with Crippen LogP contribution in [0.5, 0.6) is 0 Å². The highest BCUT2D eigenvalue weighted by Gasteiger charge is 2.25. The second kappa shape index (κ2) is 8.83. The van der Waals surface area contributed by atoms with Gasteiger partial charge in [-0.05, 0) is 55.4 Å². The van der Waals surface area contributed by atoms with E-state index in [9.17, 15) is 13.2 Å². The van der Waals surface area contributed by atoms with E-state index in [1.807, 2.05) is 6.07 Å². The summed E-state index contributed by atoms with van der Waals surface area (Å²) in [6.45, 7) is 4.93. The molecule has 0 aromatic carbocycles. The van der Waals surface area contributed by atoms with Crippen molar-refractivity contribution in [3.63, 3.8) is 0 Å². The molecule has 0 spiro atoms. The summed E-state index contributed by atoms with van der Waals surface area (Å²) in [5, 5.41) is 10.2. The van der Waals surface area contributed by atoms with Crippen molar-refractivity contribution in [2.24, 2.45) is 11.1 Å². The molecule has 3 rings (SSSR count). The Morgan fingerprint density at radius 3 is 2.67 bits per heavy atom. The lowest BCUT2D eigenvalue weighted by molar-refractivity contribution is -0.120. The third kappa shape index (κ3) is 5.61. The number of carbonyl (C=O) groups is 1. The molecule has 1 atom stereocenters. The molecule has 0 radical (unpaired) electrons. The Labute approximate surface area is 168 Å². The van der Waals surface area contributed by atoms with E-state index in [0.29, 0.717) is 11.4 Å². The molecule has 1 unspecified atom stereocenters. The zero-order valence-corrected chi connectivity index (χ0v) is 17.7. The zero-order chi connectivity index (χ0) is 19.4. The maximum Gasteiger partial charge on any atom is 0.247 e. The van der Waals surface area contributed by atoms with Crippen molar-refractivity contribution in [3.8, 4) is 0 Å². The number of thiophene rings is 2. The van der Waals surface area contributed by atoms with Crippen molar-refractivity contribution in [2.45, 2.75) is 36.4 Å². The first-order chi connectivity index (χ1) is 12.8. The van der Waals surface area contributed by atoms with Gasteiger partial charge in [0.25, 0.3) is 0 Å². The smallest absolute Gasteiger partial charge is 0.247 e. The van der Waals surface area contributed by atoms with Gasteiger partial charge in [0.1, 0.15) is 4.21 Å². The number of nitrogens with zero attached hydrogens (tertiary/aromatic N) is 1. The lowest BCUT2D eigenvalue weighted by Crippen LogP contribution is -2.41. The van der Waals surface area contributed by atoms with Gasteiger partial charge in [-0.1, -0.05) is 13.0 Å². The molecule has 2 aromatic heterocycles. The molecular weight excluding hydrogens is 402 g/mol. The number of amides is 1. The summed E-state index contributed by atoms with van der Waals surface area (Å²) >= 11 is 2.76. The Hall–Kier alpha value is -1.26. The minimum absolute atomic E-state index is 0.0872. The Morgan fingerprint density at radius 2 is 2.07 bits per heavy atom. The molecular formula is C18H25N3O3S3. The predicted octanol–water partition coefficient (Wildman–Crippen LogP) is 2.59. The maximum atomic E-state index is 12.4. The number of rotatable bonds is 7. The van der Waals surface area contributed by atoms with Crippen LogP contribution in [0.1, 0.15) is 35.6 Å². The average Bonchev–Trinajstić information content (AvgIpc) is 3.28. The van der Waals surface area contributed by atoms with E-state index in [2.05, 4.69) is 28.6 Å². The quantitative estimate of drug-likeness (QED) is 0.710. The summed E-state index contributed by atoms with van der Waals surface area (Å²) in [5.41, 5.74) is 0. The van der Waals surface area contributed by atoms with E-state index >= 15 is 0 Å². The van der Waals surface area contributed by atoms with Crippen molar-refractivity contribution >= 4 is 38.6 Å². The second-order valence-electron chi connectivity index (χ2n) is 7.00. The summed E-state index contributed by atoms with van der Waals surface area (Å²) in [7, 11) is -3.71. The van der Waals surface area contributed by atoms with E-state index in [0.717, 1.165) is 30.3 Å². The highest BCUT2D eigenvalue weighted by atomic mass is 32.2. The van der Waals surface area contributed by atoms with Gasteiger partial charge in [0.05, 0.1) is 12.5 Å². The molecule has 1 fully saturated rings. The maximum absolute atomic E-state index is 12.4. The van der Waals surface area contributed by atoms with Gasteiger partial charge in [-0.2, -0.15) is 0 Å². The molecule has 3 N–H and O–H groups in total. The zero-order valence-electron chi connectivity index (χ0n) is 15.3. The van der Waals surface area contributed by atoms with Crippen molar-refractivity contribution in [3.05, 3.63) is 39.4 Å². The summed E-state index contributed by atoms with van der Waals surface area (Å²) in [4.78, 5) is 16.8. The molecule has 1 aliphatic rings. The van der Waals surface area contributed by atoms with Crippen LogP contribution >= 0.6 is 22.7 Å². The lowest BCUT2D eigenvalue weighted by Gasteiger charge is -2.36. The summed E-state index contributed by atoms with van der Waals surface area (Å²) in [6, 6.07) is 7.45. The number of hydrogen-bond acceptors (Lipinski definition) is 6. The minimum atomic E-state index is -3.71. The Morgan fingerprint density at radius 1 is 1.33 bits per heavy atom. The number of likely N-dealkylation sites (tertiary alicyclic amines) is 1. The normalized spacial score (nSPS) is 17.7. The molecule has 27 heavy (non-hydrogen) atoms. The van der Waals surface area contributed by atoms with Crippen molar-refractivity contribution in [1.82, 2.24) is 10.2 Å².